The van der Waals surface area contributed by atoms with E-state index in [1.165, 1.54) is 26.2 Å². The highest BCUT2D eigenvalue weighted by Gasteiger charge is 2.20. The Balaban J connectivity index is 1.71. The number of aromatic amines is 1. The normalized spacial score (nSPS) is 11.7. The summed E-state index contributed by atoms with van der Waals surface area (Å²) in [6, 6.07) is 11.6. The van der Waals surface area contributed by atoms with Gasteiger partial charge in [-0.1, -0.05) is 18.2 Å². The molecule has 1 atom stereocenters. The van der Waals surface area contributed by atoms with Crippen LogP contribution in [0.25, 0.3) is 10.8 Å². The molecule has 2 aromatic carbocycles. The number of anilines is 1. The van der Waals surface area contributed by atoms with E-state index in [0.717, 1.165) is 10.2 Å². The lowest BCUT2D eigenvalue weighted by Gasteiger charge is -2.16. The number of hydrogen-bond donors (Lipinski definition) is 2. The number of methoxy groups -OCH3 is 1. The number of nitrogens with one attached hydrogen (secondary N) is 2. The number of amides is 1. The first-order chi connectivity index (χ1) is 14.3. The standard InChI is InChI=1S/C21H21N3O6/c1-12-8-9-17(29-3)16(10-12)22-19(26)13(2)30-18(25)11-24-21(28)15-7-5-4-6-14(15)20(27)23-24/h4-10,13H,11H2,1-3H3,(H,22,26)(H,23,27). The van der Waals surface area contributed by atoms with Gasteiger partial charge in [-0.25, -0.2) is 4.68 Å². The Morgan fingerprint density at radius 3 is 2.53 bits per heavy atom. The quantitative estimate of drug-likeness (QED) is 0.595. The molecule has 156 valence electrons. The molecule has 0 saturated carbocycles. The molecular formula is C21H21N3O6. The van der Waals surface area contributed by atoms with Crippen LogP contribution in [0.3, 0.4) is 0 Å². The summed E-state index contributed by atoms with van der Waals surface area (Å²) in [4.78, 5) is 49.2. The van der Waals surface area contributed by atoms with Crippen molar-refractivity contribution in [3.63, 3.8) is 0 Å². The number of ether oxygens (including phenoxy) is 2. The lowest BCUT2D eigenvalue weighted by molar-refractivity contribution is -0.154. The maximum atomic E-state index is 12.5. The molecule has 0 spiro atoms. The molecule has 0 aliphatic heterocycles. The van der Waals surface area contributed by atoms with Gasteiger partial charge in [0.15, 0.2) is 6.10 Å². The first-order valence-corrected chi connectivity index (χ1v) is 9.17. The summed E-state index contributed by atoms with van der Waals surface area (Å²) in [5.74, 6) is -0.943. The summed E-state index contributed by atoms with van der Waals surface area (Å²) in [7, 11) is 1.48. The van der Waals surface area contributed by atoms with Crippen LogP contribution in [0, 0.1) is 6.92 Å². The minimum absolute atomic E-state index is 0.186. The number of aryl methyl sites for hydroxylation is 1. The third-order valence-corrected chi connectivity index (χ3v) is 4.46. The Morgan fingerprint density at radius 1 is 1.13 bits per heavy atom. The van der Waals surface area contributed by atoms with Gasteiger partial charge in [-0.2, -0.15) is 0 Å². The number of carbonyl (C=O) groups is 2. The van der Waals surface area contributed by atoms with E-state index < -0.39 is 35.6 Å². The van der Waals surface area contributed by atoms with Crippen molar-refractivity contribution < 1.29 is 19.1 Å². The van der Waals surface area contributed by atoms with Crippen molar-refractivity contribution in [3.8, 4) is 5.75 Å². The monoisotopic (exact) mass is 411 g/mol. The Morgan fingerprint density at radius 2 is 1.83 bits per heavy atom. The highest BCUT2D eigenvalue weighted by atomic mass is 16.5. The second kappa shape index (κ2) is 8.64. The predicted molar refractivity (Wildman–Crippen MR) is 111 cm³/mol. The van der Waals surface area contributed by atoms with Crippen molar-refractivity contribution >= 4 is 28.3 Å². The maximum Gasteiger partial charge on any atom is 0.328 e. The third-order valence-electron chi connectivity index (χ3n) is 4.46. The van der Waals surface area contributed by atoms with E-state index in [1.807, 2.05) is 13.0 Å². The van der Waals surface area contributed by atoms with Crippen molar-refractivity contribution in [1.29, 1.82) is 0 Å². The van der Waals surface area contributed by atoms with Gasteiger partial charge in [0.1, 0.15) is 12.3 Å². The topological polar surface area (TPSA) is 119 Å². The van der Waals surface area contributed by atoms with Crippen molar-refractivity contribution in [2.24, 2.45) is 0 Å². The number of carbonyl (C=O) groups excluding carboxylic acids is 2. The molecule has 2 N–H and O–H groups in total. The summed E-state index contributed by atoms with van der Waals surface area (Å²) in [5.41, 5.74) is 0.315. The molecule has 0 aliphatic carbocycles. The van der Waals surface area contributed by atoms with Crippen LogP contribution in [0.2, 0.25) is 0 Å². The molecule has 9 nitrogen and oxygen atoms in total. The van der Waals surface area contributed by atoms with Crippen LogP contribution in [0.4, 0.5) is 5.69 Å². The van der Waals surface area contributed by atoms with Crippen LogP contribution in [0.1, 0.15) is 12.5 Å². The van der Waals surface area contributed by atoms with Crippen LogP contribution < -0.4 is 21.2 Å². The second-order valence-corrected chi connectivity index (χ2v) is 6.70. The molecular weight excluding hydrogens is 390 g/mol. The first-order valence-electron chi connectivity index (χ1n) is 9.17. The van der Waals surface area contributed by atoms with Gasteiger partial charge in [0.2, 0.25) is 0 Å². The Labute approximate surface area is 171 Å². The maximum absolute atomic E-state index is 12.5. The van der Waals surface area contributed by atoms with Crippen LogP contribution in [0.5, 0.6) is 5.75 Å². The van der Waals surface area contributed by atoms with Crippen molar-refractivity contribution in [3.05, 3.63) is 68.7 Å². The Hall–Kier alpha value is -3.88. The minimum atomic E-state index is -1.13. The highest BCUT2D eigenvalue weighted by Crippen LogP contribution is 2.25. The molecule has 1 aromatic heterocycles. The van der Waals surface area contributed by atoms with Crippen molar-refractivity contribution in [2.75, 3.05) is 12.4 Å². The zero-order valence-corrected chi connectivity index (χ0v) is 16.7. The molecule has 0 radical (unpaired) electrons. The van der Waals surface area contributed by atoms with Gasteiger partial charge in [-0.05, 0) is 43.7 Å². The molecule has 3 rings (SSSR count). The van der Waals surface area contributed by atoms with Crippen LogP contribution in [-0.4, -0.2) is 34.9 Å². The largest absolute Gasteiger partial charge is 0.495 e. The SMILES string of the molecule is COc1ccc(C)cc1NC(=O)C(C)OC(=O)Cn1[nH]c(=O)c2ccccc2c1=O. The molecule has 1 unspecified atom stereocenters. The number of H-pyrrole nitrogens is 1. The molecule has 1 amide bonds. The fourth-order valence-electron chi connectivity index (χ4n) is 2.93. The smallest absolute Gasteiger partial charge is 0.328 e. The van der Waals surface area contributed by atoms with E-state index in [0.29, 0.717) is 11.4 Å². The fourth-order valence-corrected chi connectivity index (χ4v) is 2.93. The molecule has 0 fully saturated rings. The molecule has 1 heterocycles. The predicted octanol–water partition coefficient (Wildman–Crippen LogP) is 1.58. The number of esters is 1. The van der Waals surface area contributed by atoms with Crippen molar-refractivity contribution in [2.45, 2.75) is 26.5 Å². The summed E-state index contributed by atoms with van der Waals surface area (Å²) in [6.07, 6.45) is -1.13. The van der Waals surface area contributed by atoms with Gasteiger partial charge in [-0.3, -0.25) is 24.3 Å². The number of nitrogens with zero attached hydrogens (tertiary/aromatic N) is 1. The number of rotatable bonds is 6. The van der Waals surface area contributed by atoms with Crippen LogP contribution in [-0.2, 0) is 20.9 Å². The molecule has 0 bridgehead atoms. The van der Waals surface area contributed by atoms with Gasteiger partial charge < -0.3 is 14.8 Å². The van der Waals surface area contributed by atoms with Gasteiger partial charge in [0, 0.05) is 0 Å². The summed E-state index contributed by atoms with van der Waals surface area (Å²) < 4.78 is 11.2. The first kappa shape index (κ1) is 20.8. The zero-order valence-electron chi connectivity index (χ0n) is 16.7. The summed E-state index contributed by atoms with van der Waals surface area (Å²) in [6.45, 7) is 2.73. The van der Waals surface area contributed by atoms with Crippen LogP contribution >= 0.6 is 0 Å². The van der Waals surface area contributed by atoms with Crippen molar-refractivity contribution in [1.82, 2.24) is 9.78 Å². The number of fused-ring (bicyclic) bond motifs is 1. The van der Waals surface area contributed by atoms with E-state index >= 15 is 0 Å². The molecule has 3 aromatic rings. The van der Waals surface area contributed by atoms with E-state index in [9.17, 15) is 19.2 Å². The van der Waals surface area contributed by atoms with Gasteiger partial charge in [0.25, 0.3) is 17.0 Å². The molecule has 30 heavy (non-hydrogen) atoms. The highest BCUT2D eigenvalue weighted by molar-refractivity contribution is 5.96. The van der Waals surface area contributed by atoms with E-state index in [2.05, 4.69) is 10.4 Å². The lowest BCUT2D eigenvalue weighted by Crippen LogP contribution is -2.36. The van der Waals surface area contributed by atoms with E-state index in [4.69, 9.17) is 9.47 Å². The molecule has 0 saturated heterocycles. The average Bonchev–Trinajstić information content (AvgIpc) is 2.72. The minimum Gasteiger partial charge on any atom is -0.495 e. The van der Waals surface area contributed by atoms with Gasteiger partial charge in [0.05, 0.1) is 23.6 Å². The number of aromatic nitrogens is 2. The average molecular weight is 411 g/mol. The number of benzene rings is 2. The molecule has 0 aliphatic rings. The third kappa shape index (κ3) is 4.40. The lowest BCUT2D eigenvalue weighted by atomic mass is 10.2. The Bertz CT molecular complexity index is 1230. The summed E-state index contributed by atoms with van der Waals surface area (Å²) in [5, 5.41) is 5.41. The van der Waals surface area contributed by atoms with Gasteiger partial charge in [-0.15, -0.1) is 0 Å². The van der Waals surface area contributed by atoms with Crippen LogP contribution in [0.15, 0.2) is 52.1 Å². The number of hydrogen-bond acceptors (Lipinski definition) is 6. The Kier molecular flexibility index (Phi) is 6.01. The second-order valence-electron chi connectivity index (χ2n) is 6.70. The molecule has 9 heteroatoms. The van der Waals surface area contributed by atoms with Gasteiger partial charge >= 0.3 is 5.97 Å². The van der Waals surface area contributed by atoms with E-state index in [-0.39, 0.29) is 10.8 Å². The van der Waals surface area contributed by atoms with E-state index in [1.54, 1.807) is 24.3 Å². The summed E-state index contributed by atoms with van der Waals surface area (Å²) >= 11 is 0. The zero-order chi connectivity index (χ0) is 21.8. The fraction of sp³-hybridized carbons (Fsp3) is 0.238.